The van der Waals surface area contributed by atoms with E-state index in [9.17, 15) is 4.39 Å². The van der Waals surface area contributed by atoms with Gasteiger partial charge in [0.25, 0.3) is 0 Å². The number of aliphatic imine (C=N–C) groups is 1. The number of hydrogen-bond acceptors (Lipinski definition) is 3. The average molecular weight is 363 g/mol. The summed E-state index contributed by atoms with van der Waals surface area (Å²) in [5.74, 6) is 0.553. The zero-order chi connectivity index (χ0) is 18.4. The van der Waals surface area contributed by atoms with E-state index < -0.39 is 0 Å². The van der Waals surface area contributed by atoms with E-state index in [1.54, 1.807) is 24.5 Å². The second kappa shape index (κ2) is 8.43. The van der Waals surface area contributed by atoms with Gasteiger partial charge in [-0.05, 0) is 36.6 Å². The number of guanidine groups is 1. The minimum atomic E-state index is -0.190. The normalized spacial score (nSPS) is 12.3. The van der Waals surface area contributed by atoms with Crippen molar-refractivity contribution in [2.24, 2.45) is 4.99 Å². The maximum Gasteiger partial charge on any atom is 0.191 e. The van der Waals surface area contributed by atoms with E-state index in [0.29, 0.717) is 6.54 Å². The highest BCUT2D eigenvalue weighted by atomic mass is 32.1. The molecule has 0 aliphatic carbocycles. The van der Waals surface area contributed by atoms with Gasteiger partial charge in [-0.3, -0.25) is 4.99 Å². The Morgan fingerprint density at radius 2 is 2.04 bits per heavy atom. The number of halogens is 1. The summed E-state index contributed by atoms with van der Waals surface area (Å²) in [5.41, 5.74) is 3.30. The molecule has 1 heterocycles. The molecule has 2 N–H and O–H groups in total. The van der Waals surface area contributed by atoms with E-state index in [4.69, 9.17) is 0 Å². The Labute approximate surface area is 153 Å². The molecule has 0 radical (unpaired) electrons. The number of nitrogens with one attached hydrogen (secondary N) is 2. The van der Waals surface area contributed by atoms with E-state index in [1.165, 1.54) is 6.07 Å². The molecule has 0 aliphatic heterocycles. The van der Waals surface area contributed by atoms with Gasteiger partial charge < -0.3 is 10.6 Å². The molecular weight excluding hydrogens is 335 g/mol. The lowest BCUT2D eigenvalue weighted by Crippen LogP contribution is -2.37. The Bertz CT molecular complexity index is 731. The second-order valence-corrected chi connectivity index (χ2v) is 7.99. The summed E-state index contributed by atoms with van der Waals surface area (Å²) < 4.78 is 13.1. The topological polar surface area (TPSA) is 49.3 Å². The van der Waals surface area contributed by atoms with Crippen molar-refractivity contribution < 1.29 is 4.39 Å². The smallest absolute Gasteiger partial charge is 0.191 e. The highest BCUT2D eigenvalue weighted by molar-refractivity contribution is 7.09. The largest absolute Gasteiger partial charge is 0.356 e. The van der Waals surface area contributed by atoms with Crippen molar-refractivity contribution in [3.8, 4) is 0 Å². The van der Waals surface area contributed by atoms with Gasteiger partial charge in [0.2, 0.25) is 0 Å². The Hall–Kier alpha value is -1.95. The molecule has 0 aliphatic rings. The fourth-order valence-electron chi connectivity index (χ4n) is 2.37. The first-order valence-corrected chi connectivity index (χ1v) is 9.32. The van der Waals surface area contributed by atoms with Crippen molar-refractivity contribution in [2.45, 2.75) is 46.1 Å². The van der Waals surface area contributed by atoms with Crippen LogP contribution in [0.1, 0.15) is 42.6 Å². The molecule has 0 unspecified atom stereocenters. The lowest BCUT2D eigenvalue weighted by molar-refractivity contribution is 0.570. The summed E-state index contributed by atoms with van der Waals surface area (Å²) in [5, 5.41) is 9.74. The van der Waals surface area contributed by atoms with Crippen LogP contribution >= 0.6 is 11.3 Å². The van der Waals surface area contributed by atoms with Gasteiger partial charge in [0.1, 0.15) is 10.8 Å². The molecule has 4 nitrogen and oxygen atoms in total. The van der Waals surface area contributed by atoms with Crippen LogP contribution in [0.4, 0.5) is 4.39 Å². The molecular formula is C19H27FN4S. The van der Waals surface area contributed by atoms with E-state index in [1.807, 2.05) is 13.0 Å². The fraction of sp³-hybridized carbons (Fsp3) is 0.474. The van der Waals surface area contributed by atoms with Gasteiger partial charge in [-0.1, -0.05) is 26.8 Å². The standard InChI is InChI=1S/C19H27FN4S/c1-13-10-15(20)7-6-14(13)8-9-22-18(21-5)23-11-17-24-16(12-25-17)19(2,3)4/h6-7,10,12H,8-9,11H2,1-5H3,(H2,21,22,23). The Morgan fingerprint density at radius 3 is 2.64 bits per heavy atom. The van der Waals surface area contributed by atoms with Crippen molar-refractivity contribution in [2.75, 3.05) is 13.6 Å². The van der Waals surface area contributed by atoms with Crippen molar-refractivity contribution in [1.82, 2.24) is 15.6 Å². The third-order valence-corrected chi connectivity index (χ3v) is 4.79. The molecule has 6 heteroatoms. The van der Waals surface area contributed by atoms with Crippen LogP contribution in [-0.2, 0) is 18.4 Å². The second-order valence-electron chi connectivity index (χ2n) is 7.05. The van der Waals surface area contributed by atoms with Crippen LogP contribution in [0.25, 0.3) is 0 Å². The van der Waals surface area contributed by atoms with E-state index in [-0.39, 0.29) is 11.2 Å². The highest BCUT2D eigenvalue weighted by Crippen LogP contribution is 2.23. The summed E-state index contributed by atoms with van der Waals surface area (Å²) in [7, 11) is 1.75. The third-order valence-electron chi connectivity index (χ3n) is 3.94. The quantitative estimate of drug-likeness (QED) is 0.628. The predicted octanol–water partition coefficient (Wildman–Crippen LogP) is 3.80. The van der Waals surface area contributed by atoms with Gasteiger partial charge in [-0.25, -0.2) is 9.37 Å². The average Bonchev–Trinajstić information content (AvgIpc) is 3.01. The molecule has 2 aromatic rings. The molecule has 0 fully saturated rings. The zero-order valence-electron chi connectivity index (χ0n) is 15.6. The number of nitrogens with zero attached hydrogens (tertiary/aromatic N) is 2. The molecule has 2 rings (SSSR count). The molecule has 1 aromatic heterocycles. The van der Waals surface area contributed by atoms with Crippen LogP contribution in [-0.4, -0.2) is 24.5 Å². The summed E-state index contributed by atoms with van der Waals surface area (Å²) in [6, 6.07) is 4.91. The summed E-state index contributed by atoms with van der Waals surface area (Å²) in [6.45, 7) is 9.81. The summed E-state index contributed by atoms with van der Waals surface area (Å²) in [4.78, 5) is 8.91. The molecule has 0 amide bonds. The highest BCUT2D eigenvalue weighted by Gasteiger charge is 2.17. The number of benzene rings is 1. The van der Waals surface area contributed by atoms with Gasteiger partial charge in [-0.2, -0.15) is 0 Å². The molecule has 0 bridgehead atoms. The first-order valence-electron chi connectivity index (χ1n) is 8.44. The van der Waals surface area contributed by atoms with Crippen LogP contribution in [0.3, 0.4) is 0 Å². The maximum absolute atomic E-state index is 13.1. The molecule has 0 saturated carbocycles. The first kappa shape index (κ1) is 19.4. The van der Waals surface area contributed by atoms with E-state index in [2.05, 4.69) is 46.8 Å². The number of hydrogen-bond donors (Lipinski definition) is 2. The van der Waals surface area contributed by atoms with Crippen LogP contribution in [0.5, 0.6) is 0 Å². The Kier molecular flexibility index (Phi) is 6.53. The van der Waals surface area contributed by atoms with Crippen LogP contribution in [0.2, 0.25) is 0 Å². The predicted molar refractivity (Wildman–Crippen MR) is 104 cm³/mol. The maximum atomic E-state index is 13.1. The van der Waals surface area contributed by atoms with Crippen LogP contribution < -0.4 is 10.6 Å². The van der Waals surface area contributed by atoms with Gasteiger partial charge in [0.05, 0.1) is 12.2 Å². The van der Waals surface area contributed by atoms with Gasteiger partial charge in [0.15, 0.2) is 5.96 Å². The third kappa shape index (κ3) is 5.81. The van der Waals surface area contributed by atoms with Gasteiger partial charge in [0, 0.05) is 24.4 Å². The fourth-order valence-corrected chi connectivity index (χ4v) is 3.33. The molecule has 136 valence electrons. The zero-order valence-corrected chi connectivity index (χ0v) is 16.4. The lowest BCUT2D eigenvalue weighted by Gasteiger charge is -2.14. The Morgan fingerprint density at radius 1 is 1.28 bits per heavy atom. The number of aryl methyl sites for hydroxylation is 1. The number of thiazole rings is 1. The minimum Gasteiger partial charge on any atom is -0.356 e. The van der Waals surface area contributed by atoms with Crippen LogP contribution in [0, 0.1) is 12.7 Å². The molecule has 0 spiro atoms. The monoisotopic (exact) mass is 362 g/mol. The minimum absolute atomic E-state index is 0.0711. The first-order chi connectivity index (χ1) is 11.8. The SMILES string of the molecule is CN=C(NCCc1ccc(F)cc1C)NCc1nc(C(C)(C)C)cs1. The molecule has 0 saturated heterocycles. The van der Waals surface area contributed by atoms with E-state index in [0.717, 1.165) is 40.8 Å². The summed E-state index contributed by atoms with van der Waals surface area (Å²) in [6.07, 6.45) is 0.818. The molecule has 25 heavy (non-hydrogen) atoms. The van der Waals surface area contributed by atoms with Gasteiger partial charge >= 0.3 is 0 Å². The van der Waals surface area contributed by atoms with Crippen molar-refractivity contribution >= 4 is 17.3 Å². The lowest BCUT2D eigenvalue weighted by atomic mass is 9.93. The summed E-state index contributed by atoms with van der Waals surface area (Å²) >= 11 is 1.66. The van der Waals surface area contributed by atoms with Crippen molar-refractivity contribution in [1.29, 1.82) is 0 Å². The van der Waals surface area contributed by atoms with Crippen molar-refractivity contribution in [3.63, 3.8) is 0 Å². The molecule has 1 aromatic carbocycles. The van der Waals surface area contributed by atoms with E-state index >= 15 is 0 Å². The molecule has 0 atom stereocenters. The number of rotatable bonds is 5. The number of aromatic nitrogens is 1. The Balaban J connectivity index is 1.82. The van der Waals surface area contributed by atoms with Crippen LogP contribution in [0.15, 0.2) is 28.6 Å². The van der Waals surface area contributed by atoms with Gasteiger partial charge in [-0.15, -0.1) is 11.3 Å². The van der Waals surface area contributed by atoms with Crippen molar-refractivity contribution in [3.05, 3.63) is 51.2 Å².